The van der Waals surface area contributed by atoms with Gasteiger partial charge in [0.05, 0.1) is 12.0 Å². The molecule has 0 aliphatic rings. The van der Waals surface area contributed by atoms with E-state index in [2.05, 4.69) is 5.32 Å². The highest BCUT2D eigenvalue weighted by atomic mass is 19.4. The Bertz CT molecular complexity index is 2140. The Hall–Kier alpha value is -6.03. The minimum absolute atomic E-state index is 0.0141. The summed E-state index contributed by atoms with van der Waals surface area (Å²) in [6, 6.07) is 31.1. The number of aryl methyl sites for hydroxylation is 3. The number of halogens is 3. The van der Waals surface area contributed by atoms with Gasteiger partial charge in [0.15, 0.2) is 5.78 Å². The van der Waals surface area contributed by atoms with Crippen molar-refractivity contribution in [1.29, 1.82) is 0 Å². The normalized spacial score (nSPS) is 11.2. The number of rotatable bonds is 14. The maximum Gasteiger partial charge on any atom is 0.416 e. The molecule has 2 amide bonds. The van der Waals surface area contributed by atoms with Gasteiger partial charge in [-0.2, -0.15) is 13.2 Å². The predicted octanol–water partition coefficient (Wildman–Crippen LogP) is 9.14. The Kier molecular flexibility index (Phi) is 12.5. The SMILES string of the molecule is CCc1ccc(CC(=O)Nc2ccc(C(=O)N(CC(=O)O)Cc3ccc(CC(=O)c4ccc(-c5ccc(C)cc5)cc4)cc3)c(CC)c2)c(C(F)(F)F)c1. The molecule has 0 bridgehead atoms. The second kappa shape index (κ2) is 17.2. The second-order valence-corrected chi connectivity index (χ2v) is 13.2. The van der Waals surface area contributed by atoms with Gasteiger partial charge in [-0.3, -0.25) is 19.2 Å². The van der Waals surface area contributed by atoms with Crippen LogP contribution in [0.25, 0.3) is 11.1 Å². The third-order valence-corrected chi connectivity index (χ3v) is 9.21. The van der Waals surface area contributed by atoms with E-state index >= 15 is 0 Å². The third-order valence-electron chi connectivity index (χ3n) is 9.21. The Morgan fingerprint density at radius 1 is 0.685 bits per heavy atom. The minimum Gasteiger partial charge on any atom is -0.480 e. The molecule has 0 fully saturated rings. The fraction of sp³-hybridized carbons (Fsp3) is 0.227. The lowest BCUT2D eigenvalue weighted by atomic mass is 9.98. The van der Waals surface area contributed by atoms with Crippen LogP contribution in [0.5, 0.6) is 0 Å². The molecule has 7 nitrogen and oxygen atoms in total. The van der Waals surface area contributed by atoms with Crippen LogP contribution in [0.4, 0.5) is 18.9 Å². The number of nitrogens with one attached hydrogen (secondary N) is 1. The van der Waals surface area contributed by atoms with Gasteiger partial charge < -0.3 is 15.3 Å². The molecule has 5 aromatic rings. The average molecular weight is 735 g/mol. The fourth-order valence-electron chi connectivity index (χ4n) is 6.21. The van der Waals surface area contributed by atoms with Crippen LogP contribution in [0.3, 0.4) is 0 Å². The van der Waals surface area contributed by atoms with Crippen LogP contribution >= 0.6 is 0 Å². The molecule has 5 aromatic carbocycles. The molecular weight excluding hydrogens is 693 g/mol. The molecule has 54 heavy (non-hydrogen) atoms. The van der Waals surface area contributed by atoms with E-state index in [1.54, 1.807) is 50.2 Å². The highest BCUT2D eigenvalue weighted by molar-refractivity contribution is 5.99. The molecule has 0 spiro atoms. The topological polar surface area (TPSA) is 104 Å². The zero-order valence-corrected chi connectivity index (χ0v) is 30.3. The van der Waals surface area contributed by atoms with E-state index in [1.807, 2.05) is 55.5 Å². The van der Waals surface area contributed by atoms with Gasteiger partial charge in [-0.05, 0) is 83.0 Å². The maximum absolute atomic E-state index is 13.7. The van der Waals surface area contributed by atoms with Gasteiger partial charge in [-0.15, -0.1) is 0 Å². The zero-order valence-electron chi connectivity index (χ0n) is 30.3. The van der Waals surface area contributed by atoms with E-state index < -0.39 is 42.5 Å². The smallest absolute Gasteiger partial charge is 0.416 e. The molecule has 0 unspecified atom stereocenters. The molecule has 0 aromatic heterocycles. The van der Waals surface area contributed by atoms with Crippen LogP contribution in [-0.2, 0) is 48.0 Å². The summed E-state index contributed by atoms with van der Waals surface area (Å²) in [5, 5.41) is 12.3. The molecule has 5 rings (SSSR count). The number of anilines is 1. The van der Waals surface area contributed by atoms with Crippen LogP contribution in [-0.4, -0.2) is 40.1 Å². The molecule has 278 valence electrons. The van der Waals surface area contributed by atoms with Gasteiger partial charge in [0.1, 0.15) is 6.54 Å². The van der Waals surface area contributed by atoms with Crippen molar-refractivity contribution in [3.05, 3.63) is 159 Å². The fourth-order valence-corrected chi connectivity index (χ4v) is 6.21. The van der Waals surface area contributed by atoms with Gasteiger partial charge in [0, 0.05) is 29.8 Å². The number of hydrogen-bond acceptors (Lipinski definition) is 4. The number of alkyl halides is 3. The van der Waals surface area contributed by atoms with Crippen LogP contribution < -0.4 is 5.32 Å². The van der Waals surface area contributed by atoms with Crippen molar-refractivity contribution in [2.45, 2.75) is 59.2 Å². The van der Waals surface area contributed by atoms with Crippen LogP contribution in [0, 0.1) is 6.92 Å². The largest absolute Gasteiger partial charge is 0.480 e. The van der Waals surface area contributed by atoms with Gasteiger partial charge in [-0.1, -0.05) is 104 Å². The van der Waals surface area contributed by atoms with Crippen molar-refractivity contribution in [3.63, 3.8) is 0 Å². The summed E-state index contributed by atoms with van der Waals surface area (Å²) in [6.07, 6.45) is -4.16. The average Bonchev–Trinajstić information content (AvgIpc) is 3.15. The minimum atomic E-state index is -4.61. The van der Waals surface area contributed by atoms with E-state index in [1.165, 1.54) is 28.7 Å². The van der Waals surface area contributed by atoms with Crippen molar-refractivity contribution >= 4 is 29.3 Å². The molecule has 0 saturated carbocycles. The van der Waals surface area contributed by atoms with Gasteiger partial charge in [0.2, 0.25) is 5.91 Å². The monoisotopic (exact) mass is 734 g/mol. The number of ketones is 1. The van der Waals surface area contributed by atoms with E-state index in [0.29, 0.717) is 40.8 Å². The first-order valence-electron chi connectivity index (χ1n) is 17.6. The highest BCUT2D eigenvalue weighted by Gasteiger charge is 2.34. The number of benzene rings is 5. The highest BCUT2D eigenvalue weighted by Crippen LogP contribution is 2.33. The van der Waals surface area contributed by atoms with Crippen molar-refractivity contribution in [2.75, 3.05) is 11.9 Å². The lowest BCUT2D eigenvalue weighted by molar-refractivity contribution is -0.139. The number of aliphatic carboxylic acids is 1. The van der Waals surface area contributed by atoms with Gasteiger partial charge in [0.25, 0.3) is 5.91 Å². The number of Topliss-reactive ketones (excluding diaryl/α,β-unsaturated/α-hetero) is 1. The number of carboxylic acids is 1. The number of hydrogen-bond donors (Lipinski definition) is 2. The first-order chi connectivity index (χ1) is 25.7. The summed E-state index contributed by atoms with van der Waals surface area (Å²) in [5.74, 6) is -2.44. The molecule has 0 heterocycles. The number of carbonyl (C=O) groups is 4. The Labute approximate surface area is 312 Å². The van der Waals surface area contributed by atoms with E-state index in [-0.39, 0.29) is 29.9 Å². The maximum atomic E-state index is 13.7. The van der Waals surface area contributed by atoms with Crippen molar-refractivity contribution in [1.82, 2.24) is 4.90 Å². The Balaban J connectivity index is 1.24. The van der Waals surface area contributed by atoms with Gasteiger partial charge in [-0.25, -0.2) is 0 Å². The van der Waals surface area contributed by atoms with Crippen molar-refractivity contribution in [3.8, 4) is 11.1 Å². The number of nitrogens with zero attached hydrogens (tertiary/aromatic N) is 1. The lowest BCUT2D eigenvalue weighted by Crippen LogP contribution is -2.35. The molecular formula is C44H41F3N2O5. The van der Waals surface area contributed by atoms with E-state index in [9.17, 15) is 37.5 Å². The zero-order chi connectivity index (χ0) is 39.0. The Morgan fingerprint density at radius 3 is 1.89 bits per heavy atom. The van der Waals surface area contributed by atoms with Crippen LogP contribution in [0.15, 0.2) is 109 Å². The molecule has 2 N–H and O–H groups in total. The number of carbonyl (C=O) groups excluding carboxylic acids is 3. The molecule has 10 heteroatoms. The van der Waals surface area contributed by atoms with Gasteiger partial charge >= 0.3 is 12.1 Å². The summed E-state index contributed by atoms with van der Waals surface area (Å²) in [5.41, 5.74) is 5.83. The first kappa shape index (κ1) is 39.2. The first-order valence-corrected chi connectivity index (χ1v) is 17.6. The molecule has 0 aliphatic carbocycles. The van der Waals surface area contributed by atoms with Crippen molar-refractivity contribution in [2.24, 2.45) is 0 Å². The van der Waals surface area contributed by atoms with Crippen LogP contribution in [0.1, 0.15) is 73.5 Å². The summed E-state index contributed by atoms with van der Waals surface area (Å²) >= 11 is 0. The van der Waals surface area contributed by atoms with E-state index in [4.69, 9.17) is 0 Å². The summed E-state index contributed by atoms with van der Waals surface area (Å²) in [7, 11) is 0. The molecule has 0 aliphatic heterocycles. The second-order valence-electron chi connectivity index (χ2n) is 13.2. The molecule has 0 saturated heterocycles. The predicted molar refractivity (Wildman–Crippen MR) is 202 cm³/mol. The van der Waals surface area contributed by atoms with E-state index in [0.717, 1.165) is 22.8 Å². The number of amides is 2. The quantitative estimate of drug-likeness (QED) is 0.111. The lowest BCUT2D eigenvalue weighted by Gasteiger charge is -2.23. The molecule has 0 radical (unpaired) electrons. The summed E-state index contributed by atoms with van der Waals surface area (Å²) in [6.45, 7) is 4.98. The summed E-state index contributed by atoms with van der Waals surface area (Å²) in [4.78, 5) is 52.7. The molecule has 0 atom stereocenters. The number of carboxylic acid groups (broad SMARTS) is 1. The third kappa shape index (κ3) is 10.1. The summed E-state index contributed by atoms with van der Waals surface area (Å²) < 4.78 is 41.1. The van der Waals surface area contributed by atoms with Crippen molar-refractivity contribution < 1.29 is 37.5 Å². The Morgan fingerprint density at radius 2 is 1.30 bits per heavy atom. The van der Waals surface area contributed by atoms with Crippen LogP contribution in [0.2, 0.25) is 0 Å². The standard InChI is InChI=1S/C44H41F3N2O5/c1-4-29-12-15-36(39(22-29)44(45,46)47)25-41(51)48-37-20-21-38(32(5-2)24-37)43(54)49(27-42(52)53)26-31-10-8-30(9-11-31)23-40(50)35-18-16-34(17-19-35)33-13-6-28(3)7-14-33/h6-22,24H,4-5,23,25-27H2,1-3H3,(H,48,51)(H,52,53).